The Kier molecular flexibility index (Phi) is 5.07. The average Bonchev–Trinajstić information content (AvgIpc) is 3.10. The number of anilines is 2. The van der Waals surface area contributed by atoms with Crippen LogP contribution in [0.1, 0.15) is 27.0 Å². The van der Waals surface area contributed by atoms with Gasteiger partial charge in [0.1, 0.15) is 0 Å². The fraction of sp³-hybridized carbons (Fsp3) is 0.182. The second kappa shape index (κ2) is 7.67. The number of nitrogens with one attached hydrogen (secondary N) is 1. The topological polar surface area (TPSA) is 79.4 Å². The molecule has 3 aromatic rings. The van der Waals surface area contributed by atoms with Crippen molar-refractivity contribution in [3.05, 3.63) is 89.2 Å². The van der Waals surface area contributed by atoms with Gasteiger partial charge in [0.15, 0.2) is 0 Å². The second-order valence-electron chi connectivity index (χ2n) is 7.14. The molecule has 0 spiro atoms. The molecule has 1 aliphatic rings. The molecule has 1 N–H and O–H groups in total. The van der Waals surface area contributed by atoms with E-state index in [0.29, 0.717) is 17.8 Å². The fourth-order valence-corrected chi connectivity index (χ4v) is 4.72. The Morgan fingerprint density at radius 2 is 1.90 bits per heavy atom. The highest BCUT2D eigenvalue weighted by atomic mass is 32.2. The minimum Gasteiger partial charge on any atom is -0.308 e. The van der Waals surface area contributed by atoms with Crippen molar-refractivity contribution in [2.45, 2.75) is 19.1 Å². The maximum Gasteiger partial charge on any atom is 0.258 e. The standard InChI is InChI=1S/C22H21N3O3S/c1-16-3-2-4-17(13-16)15-29(27,28)24-20-6-5-18-9-12-25(21(18)14-20)22(26)19-7-10-23-11-8-19/h2-8,10-11,13-14,24H,9,12,15H2,1H3. The van der Waals surface area contributed by atoms with E-state index in [-0.39, 0.29) is 11.7 Å². The van der Waals surface area contributed by atoms with Gasteiger partial charge >= 0.3 is 0 Å². The lowest BCUT2D eigenvalue weighted by atomic mass is 10.1. The maximum absolute atomic E-state index is 12.8. The van der Waals surface area contributed by atoms with E-state index in [9.17, 15) is 13.2 Å². The summed E-state index contributed by atoms with van der Waals surface area (Å²) >= 11 is 0. The normalized spacial score (nSPS) is 13.2. The Morgan fingerprint density at radius 1 is 1.10 bits per heavy atom. The van der Waals surface area contributed by atoms with E-state index >= 15 is 0 Å². The van der Waals surface area contributed by atoms with Crippen molar-refractivity contribution in [3.63, 3.8) is 0 Å². The third-order valence-corrected chi connectivity index (χ3v) is 6.13. The Hall–Kier alpha value is -3.19. The van der Waals surface area contributed by atoms with Crippen molar-refractivity contribution in [2.75, 3.05) is 16.2 Å². The summed E-state index contributed by atoms with van der Waals surface area (Å²) in [5, 5.41) is 0. The SMILES string of the molecule is Cc1cccc(CS(=O)(=O)Nc2ccc3c(c2)N(C(=O)c2ccncc2)CC3)c1. The summed E-state index contributed by atoms with van der Waals surface area (Å²) in [5.41, 5.74) is 4.51. The first-order valence-corrected chi connectivity index (χ1v) is 11.0. The highest BCUT2D eigenvalue weighted by molar-refractivity contribution is 7.91. The highest BCUT2D eigenvalue weighted by Crippen LogP contribution is 2.32. The van der Waals surface area contributed by atoms with E-state index in [1.807, 2.05) is 31.2 Å². The number of rotatable bonds is 5. The summed E-state index contributed by atoms with van der Waals surface area (Å²) in [5.74, 6) is -0.225. The van der Waals surface area contributed by atoms with Gasteiger partial charge < -0.3 is 4.90 Å². The molecule has 2 aromatic carbocycles. The molecular formula is C22H21N3O3S. The predicted octanol–water partition coefficient (Wildman–Crippen LogP) is 3.53. The van der Waals surface area contributed by atoms with Gasteiger partial charge in [-0.1, -0.05) is 35.9 Å². The molecule has 0 saturated heterocycles. The van der Waals surface area contributed by atoms with Crippen LogP contribution in [0.15, 0.2) is 67.0 Å². The number of hydrogen-bond acceptors (Lipinski definition) is 4. The molecule has 1 aromatic heterocycles. The third-order valence-electron chi connectivity index (χ3n) is 4.87. The molecule has 0 bridgehead atoms. The first-order chi connectivity index (χ1) is 13.9. The van der Waals surface area contributed by atoms with Crippen LogP contribution in [0.5, 0.6) is 0 Å². The van der Waals surface area contributed by atoms with Crippen LogP contribution in [-0.2, 0) is 22.2 Å². The molecule has 0 radical (unpaired) electrons. The lowest BCUT2D eigenvalue weighted by Gasteiger charge is -2.18. The molecule has 7 heteroatoms. The van der Waals surface area contributed by atoms with Gasteiger partial charge in [-0.3, -0.25) is 14.5 Å². The first-order valence-electron chi connectivity index (χ1n) is 9.32. The Bertz CT molecular complexity index is 1160. The minimum absolute atomic E-state index is 0.106. The Balaban J connectivity index is 1.56. The number of aryl methyl sites for hydroxylation is 1. The van der Waals surface area contributed by atoms with Gasteiger partial charge in [0, 0.05) is 30.2 Å². The zero-order valence-electron chi connectivity index (χ0n) is 16.0. The monoisotopic (exact) mass is 407 g/mol. The Labute approximate surface area is 170 Å². The van der Waals surface area contributed by atoms with E-state index in [0.717, 1.165) is 28.8 Å². The number of nitrogens with zero attached hydrogens (tertiary/aromatic N) is 2. The minimum atomic E-state index is -3.57. The zero-order chi connectivity index (χ0) is 20.4. The summed E-state index contributed by atoms with van der Waals surface area (Å²) in [4.78, 5) is 18.5. The van der Waals surface area contributed by atoms with Crippen molar-refractivity contribution >= 4 is 27.3 Å². The van der Waals surface area contributed by atoms with Gasteiger partial charge in [0.2, 0.25) is 10.0 Å². The van der Waals surface area contributed by atoms with E-state index in [1.165, 1.54) is 0 Å². The molecule has 2 heterocycles. The average molecular weight is 407 g/mol. The third kappa shape index (κ3) is 4.30. The zero-order valence-corrected chi connectivity index (χ0v) is 16.8. The van der Waals surface area contributed by atoms with Crippen LogP contribution in [0, 0.1) is 6.92 Å². The molecule has 1 aliphatic heterocycles. The van der Waals surface area contributed by atoms with E-state index in [2.05, 4.69) is 9.71 Å². The fourth-order valence-electron chi connectivity index (χ4n) is 3.54. The van der Waals surface area contributed by atoms with Crippen molar-refractivity contribution in [2.24, 2.45) is 0 Å². The number of pyridine rings is 1. The molecule has 0 unspecified atom stereocenters. The first kappa shape index (κ1) is 19.1. The molecule has 1 amide bonds. The van der Waals surface area contributed by atoms with Crippen LogP contribution in [-0.4, -0.2) is 25.9 Å². The van der Waals surface area contributed by atoms with E-state index in [1.54, 1.807) is 47.6 Å². The van der Waals surface area contributed by atoms with Crippen LogP contribution < -0.4 is 9.62 Å². The smallest absolute Gasteiger partial charge is 0.258 e. The number of fused-ring (bicyclic) bond motifs is 1. The lowest BCUT2D eigenvalue weighted by Crippen LogP contribution is -2.29. The van der Waals surface area contributed by atoms with Gasteiger partial charge in [0.05, 0.1) is 11.4 Å². The van der Waals surface area contributed by atoms with Crippen LogP contribution in [0.2, 0.25) is 0 Å². The lowest BCUT2D eigenvalue weighted by molar-refractivity contribution is 0.0989. The molecule has 4 rings (SSSR count). The number of aromatic nitrogens is 1. The molecule has 0 atom stereocenters. The summed E-state index contributed by atoms with van der Waals surface area (Å²) < 4.78 is 27.9. The number of amides is 1. The molecule has 0 aliphatic carbocycles. The van der Waals surface area contributed by atoms with E-state index in [4.69, 9.17) is 0 Å². The quantitative estimate of drug-likeness (QED) is 0.702. The summed E-state index contributed by atoms with van der Waals surface area (Å²) in [6.07, 6.45) is 3.91. The van der Waals surface area contributed by atoms with Crippen LogP contribution in [0.3, 0.4) is 0 Å². The largest absolute Gasteiger partial charge is 0.308 e. The number of sulfonamides is 1. The van der Waals surface area contributed by atoms with Crippen LogP contribution >= 0.6 is 0 Å². The second-order valence-corrected chi connectivity index (χ2v) is 8.86. The number of hydrogen-bond donors (Lipinski definition) is 1. The van der Waals surface area contributed by atoms with Gasteiger partial charge in [-0.05, 0) is 48.7 Å². The van der Waals surface area contributed by atoms with Crippen molar-refractivity contribution in [1.82, 2.24) is 4.98 Å². The van der Waals surface area contributed by atoms with Gasteiger partial charge in [-0.15, -0.1) is 0 Å². The van der Waals surface area contributed by atoms with Crippen molar-refractivity contribution in [1.29, 1.82) is 0 Å². The summed E-state index contributed by atoms with van der Waals surface area (Å²) in [6, 6.07) is 16.1. The number of carbonyl (C=O) groups excluding carboxylic acids is 1. The summed E-state index contributed by atoms with van der Waals surface area (Å²) in [6.45, 7) is 2.49. The van der Waals surface area contributed by atoms with E-state index < -0.39 is 10.0 Å². The predicted molar refractivity (Wildman–Crippen MR) is 113 cm³/mol. The molecular weight excluding hydrogens is 386 g/mol. The van der Waals surface area contributed by atoms with Gasteiger partial charge in [-0.2, -0.15) is 0 Å². The van der Waals surface area contributed by atoms with Crippen LogP contribution in [0.25, 0.3) is 0 Å². The van der Waals surface area contributed by atoms with Gasteiger partial charge in [-0.25, -0.2) is 8.42 Å². The molecule has 6 nitrogen and oxygen atoms in total. The molecule has 148 valence electrons. The van der Waals surface area contributed by atoms with Crippen molar-refractivity contribution in [3.8, 4) is 0 Å². The number of carbonyl (C=O) groups is 1. The molecule has 0 fully saturated rings. The number of benzene rings is 2. The van der Waals surface area contributed by atoms with Crippen LogP contribution in [0.4, 0.5) is 11.4 Å². The molecule has 0 saturated carbocycles. The van der Waals surface area contributed by atoms with Crippen molar-refractivity contribution < 1.29 is 13.2 Å². The maximum atomic E-state index is 12.8. The highest BCUT2D eigenvalue weighted by Gasteiger charge is 2.26. The Morgan fingerprint density at radius 3 is 2.66 bits per heavy atom. The summed E-state index contributed by atoms with van der Waals surface area (Å²) in [7, 11) is -3.57. The molecule has 29 heavy (non-hydrogen) atoms. The van der Waals surface area contributed by atoms with Gasteiger partial charge in [0.25, 0.3) is 5.91 Å².